The number of benzene rings is 2. The molecule has 0 radical (unpaired) electrons. The first kappa shape index (κ1) is 15.5. The van der Waals surface area contributed by atoms with Gasteiger partial charge in [-0.2, -0.15) is 0 Å². The van der Waals surface area contributed by atoms with Crippen LogP contribution in [0.4, 0.5) is 16.2 Å². The Bertz CT molecular complexity index is 891. The van der Waals surface area contributed by atoms with Crippen LogP contribution in [0.25, 0.3) is 0 Å². The number of anilines is 2. The Morgan fingerprint density at radius 2 is 1.71 bits per heavy atom. The smallest absolute Gasteiger partial charge is 0.308 e. The molecule has 6 heteroatoms. The van der Waals surface area contributed by atoms with Gasteiger partial charge < -0.3 is 10.6 Å². The minimum absolute atomic E-state index is 0.308. The summed E-state index contributed by atoms with van der Waals surface area (Å²) in [4.78, 5) is 27.4. The summed E-state index contributed by atoms with van der Waals surface area (Å²) in [5.41, 5.74) is 1.95. The van der Waals surface area contributed by atoms with Crippen molar-refractivity contribution in [2.24, 2.45) is 0 Å². The van der Waals surface area contributed by atoms with E-state index >= 15 is 0 Å². The largest absolute Gasteiger partial charge is 0.347 e. The van der Waals surface area contributed by atoms with Crippen LogP contribution in [-0.2, 0) is 6.54 Å². The van der Waals surface area contributed by atoms with Gasteiger partial charge in [0.2, 0.25) is 0 Å². The molecule has 3 aromatic rings. The van der Waals surface area contributed by atoms with E-state index in [4.69, 9.17) is 0 Å². The van der Waals surface area contributed by atoms with Gasteiger partial charge in [-0.15, -0.1) is 0 Å². The maximum Gasteiger partial charge on any atom is 0.347 e. The highest BCUT2D eigenvalue weighted by atomic mass is 16.2. The van der Waals surface area contributed by atoms with E-state index in [9.17, 15) is 9.59 Å². The van der Waals surface area contributed by atoms with Crippen LogP contribution in [0.3, 0.4) is 0 Å². The van der Waals surface area contributed by atoms with Crippen LogP contribution >= 0.6 is 0 Å². The summed E-state index contributed by atoms with van der Waals surface area (Å²) in [6.45, 7) is 0.391. The van der Waals surface area contributed by atoms with Crippen molar-refractivity contribution < 1.29 is 4.79 Å². The standard InChI is InChI=1S/C18H16N4O2/c23-17(20-15-7-2-1-3-8-15)21-16-9-4-6-14(12-16)13-22-11-5-10-19-18(22)24/h1-12H,13H2,(H2,20,21,23). The number of hydrogen-bond acceptors (Lipinski definition) is 3. The summed E-state index contributed by atoms with van der Waals surface area (Å²) in [5.74, 6) is 0. The number of hydrogen-bond donors (Lipinski definition) is 2. The zero-order valence-electron chi connectivity index (χ0n) is 12.8. The predicted molar refractivity (Wildman–Crippen MR) is 93.1 cm³/mol. The molecule has 120 valence electrons. The zero-order chi connectivity index (χ0) is 16.8. The normalized spacial score (nSPS) is 10.2. The molecular weight excluding hydrogens is 304 g/mol. The van der Waals surface area contributed by atoms with Crippen molar-refractivity contribution in [3.8, 4) is 0 Å². The molecule has 2 amide bonds. The Kier molecular flexibility index (Phi) is 4.67. The van der Waals surface area contributed by atoms with Gasteiger partial charge in [0.1, 0.15) is 0 Å². The Morgan fingerprint density at radius 3 is 2.50 bits per heavy atom. The summed E-state index contributed by atoms with van der Waals surface area (Å²) >= 11 is 0. The highest BCUT2D eigenvalue weighted by Crippen LogP contribution is 2.12. The highest BCUT2D eigenvalue weighted by Gasteiger charge is 2.04. The maximum absolute atomic E-state index is 12.0. The Balaban J connectivity index is 1.68. The number of rotatable bonds is 4. The maximum atomic E-state index is 12.0. The minimum atomic E-state index is -0.322. The van der Waals surface area contributed by atoms with Crippen molar-refractivity contribution in [1.29, 1.82) is 0 Å². The number of carbonyl (C=O) groups excluding carboxylic acids is 1. The van der Waals surface area contributed by atoms with E-state index in [1.807, 2.05) is 48.5 Å². The molecule has 0 bridgehead atoms. The molecule has 2 N–H and O–H groups in total. The summed E-state index contributed by atoms with van der Waals surface area (Å²) in [5, 5.41) is 5.53. The lowest BCUT2D eigenvalue weighted by Crippen LogP contribution is -2.22. The summed E-state index contributed by atoms with van der Waals surface area (Å²) in [6.07, 6.45) is 3.14. The molecule has 2 aromatic carbocycles. The van der Waals surface area contributed by atoms with Gasteiger partial charge in [-0.05, 0) is 35.9 Å². The average molecular weight is 320 g/mol. The van der Waals surface area contributed by atoms with Gasteiger partial charge in [0, 0.05) is 23.8 Å². The van der Waals surface area contributed by atoms with E-state index in [2.05, 4.69) is 15.6 Å². The number of carbonyl (C=O) groups is 1. The van der Waals surface area contributed by atoms with Crippen LogP contribution in [-0.4, -0.2) is 15.6 Å². The molecule has 0 spiro atoms. The third kappa shape index (κ3) is 4.07. The van der Waals surface area contributed by atoms with Crippen molar-refractivity contribution in [3.05, 3.63) is 89.1 Å². The van der Waals surface area contributed by atoms with E-state index in [0.29, 0.717) is 17.9 Å². The van der Waals surface area contributed by atoms with Crippen LogP contribution in [0, 0.1) is 0 Å². The number of nitrogens with zero attached hydrogens (tertiary/aromatic N) is 2. The molecule has 0 aliphatic rings. The minimum Gasteiger partial charge on any atom is -0.308 e. The second-order valence-electron chi connectivity index (χ2n) is 5.18. The third-order valence-corrected chi connectivity index (χ3v) is 3.35. The second-order valence-corrected chi connectivity index (χ2v) is 5.18. The summed E-state index contributed by atoms with van der Waals surface area (Å²) in [6, 6.07) is 17.9. The number of nitrogens with one attached hydrogen (secondary N) is 2. The number of para-hydroxylation sites is 1. The van der Waals surface area contributed by atoms with E-state index in [1.165, 1.54) is 10.8 Å². The van der Waals surface area contributed by atoms with Crippen LogP contribution in [0.5, 0.6) is 0 Å². The third-order valence-electron chi connectivity index (χ3n) is 3.35. The van der Waals surface area contributed by atoms with Gasteiger partial charge >= 0.3 is 11.7 Å². The molecule has 0 aliphatic heterocycles. The van der Waals surface area contributed by atoms with Gasteiger partial charge in [0.05, 0.1) is 6.54 Å². The van der Waals surface area contributed by atoms with Crippen LogP contribution < -0.4 is 16.3 Å². The van der Waals surface area contributed by atoms with Crippen molar-refractivity contribution in [2.45, 2.75) is 6.54 Å². The summed E-state index contributed by atoms with van der Waals surface area (Å²) < 4.78 is 1.50. The molecule has 0 fully saturated rings. The predicted octanol–water partition coefficient (Wildman–Crippen LogP) is 2.94. The fraction of sp³-hybridized carbons (Fsp3) is 0.0556. The first-order chi connectivity index (χ1) is 11.7. The van der Waals surface area contributed by atoms with Gasteiger partial charge in [-0.25, -0.2) is 14.6 Å². The quantitative estimate of drug-likeness (QED) is 0.776. The molecule has 3 rings (SSSR count). The van der Waals surface area contributed by atoms with Gasteiger partial charge in [0.15, 0.2) is 0 Å². The van der Waals surface area contributed by atoms with E-state index in [-0.39, 0.29) is 11.7 Å². The second kappa shape index (κ2) is 7.23. The Labute approximate surface area is 138 Å². The first-order valence-electron chi connectivity index (χ1n) is 7.44. The van der Waals surface area contributed by atoms with Gasteiger partial charge in [0.25, 0.3) is 0 Å². The molecule has 0 unspecified atom stereocenters. The molecule has 0 aliphatic carbocycles. The lowest BCUT2D eigenvalue weighted by molar-refractivity contribution is 0.262. The fourth-order valence-electron chi connectivity index (χ4n) is 2.27. The number of amides is 2. The Morgan fingerprint density at radius 1 is 0.958 bits per heavy atom. The molecule has 0 saturated heterocycles. The SMILES string of the molecule is O=C(Nc1ccccc1)Nc1cccc(Cn2cccnc2=O)c1. The molecule has 0 atom stereocenters. The summed E-state index contributed by atoms with van der Waals surface area (Å²) in [7, 11) is 0. The van der Waals surface area contributed by atoms with Crippen molar-refractivity contribution in [3.63, 3.8) is 0 Å². The average Bonchev–Trinajstić information content (AvgIpc) is 2.58. The van der Waals surface area contributed by atoms with Gasteiger partial charge in [-0.1, -0.05) is 30.3 Å². The first-order valence-corrected chi connectivity index (χ1v) is 7.44. The molecule has 0 saturated carbocycles. The molecule has 1 aromatic heterocycles. The molecule has 24 heavy (non-hydrogen) atoms. The van der Waals surface area contributed by atoms with Gasteiger partial charge in [-0.3, -0.25) is 4.57 Å². The Hall–Kier alpha value is -3.41. The topological polar surface area (TPSA) is 76.0 Å². The number of urea groups is 1. The van der Waals surface area contributed by atoms with E-state index in [0.717, 1.165) is 5.56 Å². The van der Waals surface area contributed by atoms with Crippen LogP contribution in [0.1, 0.15) is 5.56 Å². The van der Waals surface area contributed by atoms with Crippen LogP contribution in [0.15, 0.2) is 77.9 Å². The zero-order valence-corrected chi connectivity index (χ0v) is 12.8. The molecule has 1 heterocycles. The van der Waals surface area contributed by atoms with Crippen LogP contribution in [0.2, 0.25) is 0 Å². The van der Waals surface area contributed by atoms with E-state index in [1.54, 1.807) is 18.3 Å². The van der Waals surface area contributed by atoms with Crippen molar-refractivity contribution in [1.82, 2.24) is 9.55 Å². The fourth-order valence-corrected chi connectivity index (χ4v) is 2.27. The lowest BCUT2D eigenvalue weighted by Gasteiger charge is -2.10. The van der Waals surface area contributed by atoms with Crippen molar-refractivity contribution in [2.75, 3.05) is 10.6 Å². The van der Waals surface area contributed by atoms with E-state index < -0.39 is 0 Å². The lowest BCUT2D eigenvalue weighted by atomic mass is 10.2. The molecule has 6 nitrogen and oxygen atoms in total. The monoisotopic (exact) mass is 320 g/mol. The molecular formula is C18H16N4O2. The van der Waals surface area contributed by atoms with Crippen molar-refractivity contribution >= 4 is 17.4 Å². The highest BCUT2D eigenvalue weighted by molar-refractivity contribution is 5.99. The number of aromatic nitrogens is 2.